The molecule has 1 saturated heterocycles. The van der Waals surface area contributed by atoms with Crippen LogP contribution in [0.1, 0.15) is 41.5 Å². The van der Waals surface area contributed by atoms with Crippen molar-refractivity contribution in [3.05, 3.63) is 18.2 Å². The summed E-state index contributed by atoms with van der Waals surface area (Å²) in [5.41, 5.74) is 1.19. The molecule has 3 rings (SSSR count). The molecule has 0 spiro atoms. The second-order valence-electron chi connectivity index (χ2n) is 7.61. The normalized spacial score (nSPS) is 25.0. The number of rotatable bonds is 1. The van der Waals surface area contributed by atoms with Crippen LogP contribution in [0.4, 0.5) is 5.69 Å². The summed E-state index contributed by atoms with van der Waals surface area (Å²) in [5.74, 6) is 0.843. The van der Waals surface area contributed by atoms with Gasteiger partial charge in [-0.25, -0.2) is 0 Å². The largest absolute Gasteiger partial charge is 0.498 e. The lowest BCUT2D eigenvalue weighted by atomic mass is 9.77. The van der Waals surface area contributed by atoms with Gasteiger partial charge in [0.25, 0.3) is 0 Å². The van der Waals surface area contributed by atoms with Crippen molar-refractivity contribution in [2.24, 2.45) is 0 Å². The molecule has 0 bridgehead atoms. The van der Waals surface area contributed by atoms with Crippen molar-refractivity contribution in [2.45, 2.75) is 58.3 Å². The zero-order valence-corrected chi connectivity index (χ0v) is 13.7. The third-order valence-corrected chi connectivity index (χ3v) is 4.60. The molecule has 0 aliphatic carbocycles. The first-order valence-electron chi connectivity index (χ1n) is 7.51. The maximum Gasteiger partial charge on any atom is 0.498 e. The molecule has 1 N–H and O–H groups in total. The van der Waals surface area contributed by atoms with Gasteiger partial charge in [0.2, 0.25) is 0 Å². The van der Waals surface area contributed by atoms with Crippen molar-refractivity contribution < 1.29 is 14.0 Å². The second-order valence-corrected chi connectivity index (χ2v) is 7.61. The van der Waals surface area contributed by atoms with Gasteiger partial charge in [0.1, 0.15) is 12.4 Å². The van der Waals surface area contributed by atoms with Gasteiger partial charge < -0.3 is 19.4 Å². The number of para-hydroxylation sites is 1. The Labute approximate surface area is 127 Å². The van der Waals surface area contributed by atoms with Crippen LogP contribution in [0.15, 0.2) is 18.2 Å². The molecular formula is C16H24BNO3. The molecule has 4 nitrogen and oxygen atoms in total. The molecule has 1 fully saturated rings. The van der Waals surface area contributed by atoms with Crippen LogP contribution in [0.3, 0.4) is 0 Å². The summed E-state index contributed by atoms with van der Waals surface area (Å²) < 4.78 is 18.3. The molecule has 2 heterocycles. The van der Waals surface area contributed by atoms with Crippen LogP contribution in [0, 0.1) is 0 Å². The van der Waals surface area contributed by atoms with E-state index in [0.29, 0.717) is 6.61 Å². The molecule has 0 amide bonds. The summed E-state index contributed by atoms with van der Waals surface area (Å²) in [6.45, 7) is 13.1. The summed E-state index contributed by atoms with van der Waals surface area (Å²) >= 11 is 0. The van der Waals surface area contributed by atoms with Gasteiger partial charge in [-0.2, -0.15) is 0 Å². The average Bonchev–Trinajstić information content (AvgIpc) is 2.56. The predicted octanol–water partition coefficient (Wildman–Crippen LogP) is 2.57. The first-order chi connectivity index (χ1) is 9.61. The Morgan fingerprint density at radius 3 is 2.24 bits per heavy atom. The van der Waals surface area contributed by atoms with Crippen molar-refractivity contribution >= 4 is 18.3 Å². The van der Waals surface area contributed by atoms with E-state index in [2.05, 4.69) is 46.9 Å². The Morgan fingerprint density at radius 1 is 1.00 bits per heavy atom. The van der Waals surface area contributed by atoms with E-state index >= 15 is 0 Å². The van der Waals surface area contributed by atoms with Gasteiger partial charge >= 0.3 is 7.12 Å². The van der Waals surface area contributed by atoms with E-state index in [1.165, 1.54) is 0 Å². The monoisotopic (exact) mass is 289 g/mol. The maximum absolute atomic E-state index is 6.14. The number of benzene rings is 1. The SMILES string of the molecule is CC1(C)COc2c(cccc2B2OC(C)(C)C(C)(C)O2)N1. The van der Waals surface area contributed by atoms with E-state index in [1.54, 1.807) is 0 Å². The molecule has 0 atom stereocenters. The van der Waals surface area contributed by atoms with E-state index in [-0.39, 0.29) is 16.7 Å². The molecular weight excluding hydrogens is 265 g/mol. The smallest absolute Gasteiger partial charge is 0.489 e. The molecule has 0 radical (unpaired) electrons. The minimum absolute atomic E-state index is 0.0679. The van der Waals surface area contributed by atoms with Gasteiger partial charge in [-0.1, -0.05) is 12.1 Å². The Balaban J connectivity index is 1.96. The number of nitrogens with one attached hydrogen (secondary N) is 1. The lowest BCUT2D eigenvalue weighted by Crippen LogP contribution is -2.44. The minimum atomic E-state index is -0.395. The lowest BCUT2D eigenvalue weighted by molar-refractivity contribution is 0.00578. The highest BCUT2D eigenvalue weighted by Crippen LogP contribution is 2.39. The highest BCUT2D eigenvalue weighted by Gasteiger charge is 2.52. The van der Waals surface area contributed by atoms with Gasteiger partial charge in [0, 0.05) is 5.46 Å². The quantitative estimate of drug-likeness (QED) is 0.807. The Kier molecular flexibility index (Phi) is 3.09. The lowest BCUT2D eigenvalue weighted by Gasteiger charge is -2.34. The molecule has 1 aromatic rings. The molecule has 21 heavy (non-hydrogen) atoms. The fourth-order valence-electron chi connectivity index (χ4n) is 2.62. The summed E-state index contributed by atoms with van der Waals surface area (Å²) in [6.07, 6.45) is 0. The number of fused-ring (bicyclic) bond motifs is 1. The third-order valence-electron chi connectivity index (χ3n) is 4.60. The summed E-state index contributed by atoms with van der Waals surface area (Å²) in [7, 11) is -0.395. The Morgan fingerprint density at radius 2 is 1.62 bits per heavy atom. The average molecular weight is 289 g/mol. The summed E-state index contributed by atoms with van der Waals surface area (Å²) in [6, 6.07) is 6.06. The fraction of sp³-hybridized carbons (Fsp3) is 0.625. The van der Waals surface area contributed by atoms with E-state index < -0.39 is 7.12 Å². The molecule has 0 aromatic heterocycles. The molecule has 1 aromatic carbocycles. The summed E-state index contributed by atoms with van der Waals surface area (Å²) in [5, 5.41) is 3.51. The highest BCUT2D eigenvalue weighted by atomic mass is 16.7. The van der Waals surface area contributed by atoms with Crippen molar-refractivity contribution in [3.63, 3.8) is 0 Å². The highest BCUT2D eigenvalue weighted by molar-refractivity contribution is 6.63. The van der Waals surface area contributed by atoms with Crippen molar-refractivity contribution in [3.8, 4) is 5.75 Å². The Hall–Kier alpha value is -1.20. The zero-order chi connectivity index (χ0) is 15.5. The van der Waals surface area contributed by atoms with Gasteiger partial charge in [0.15, 0.2) is 0 Å². The molecule has 0 saturated carbocycles. The van der Waals surface area contributed by atoms with Crippen LogP contribution in [0.5, 0.6) is 5.75 Å². The Bertz CT molecular complexity index is 553. The zero-order valence-electron chi connectivity index (χ0n) is 13.7. The van der Waals surface area contributed by atoms with Crippen LogP contribution in [-0.4, -0.2) is 30.5 Å². The number of ether oxygens (including phenoxy) is 1. The summed E-state index contributed by atoms with van der Waals surface area (Å²) in [4.78, 5) is 0. The standard InChI is InChI=1S/C16H24BNO3/c1-14(2)10-19-13-11(8-7-9-12(13)18-14)17-20-15(3,4)16(5,6)21-17/h7-9,18H,10H2,1-6H3. The van der Waals surface area contributed by atoms with E-state index in [9.17, 15) is 0 Å². The van der Waals surface area contributed by atoms with E-state index in [4.69, 9.17) is 14.0 Å². The van der Waals surface area contributed by atoms with Gasteiger partial charge in [-0.3, -0.25) is 0 Å². The molecule has 2 aliphatic heterocycles. The molecule has 114 valence electrons. The van der Waals surface area contributed by atoms with Crippen LogP contribution in [0.2, 0.25) is 0 Å². The van der Waals surface area contributed by atoms with Gasteiger partial charge in [0.05, 0.1) is 22.4 Å². The van der Waals surface area contributed by atoms with E-state index in [1.807, 2.05) is 18.2 Å². The first kappa shape index (κ1) is 14.7. The number of hydrogen-bond donors (Lipinski definition) is 1. The van der Waals surface area contributed by atoms with Crippen LogP contribution >= 0.6 is 0 Å². The number of hydrogen-bond acceptors (Lipinski definition) is 4. The number of anilines is 1. The fourth-order valence-corrected chi connectivity index (χ4v) is 2.62. The molecule has 5 heteroatoms. The predicted molar refractivity (Wildman–Crippen MR) is 85.4 cm³/mol. The van der Waals surface area contributed by atoms with Crippen molar-refractivity contribution in [2.75, 3.05) is 11.9 Å². The third kappa shape index (κ3) is 2.42. The minimum Gasteiger partial charge on any atom is -0.489 e. The van der Waals surface area contributed by atoms with Crippen molar-refractivity contribution in [1.82, 2.24) is 0 Å². The maximum atomic E-state index is 6.14. The molecule has 2 aliphatic rings. The molecule has 0 unspecified atom stereocenters. The van der Waals surface area contributed by atoms with Crippen LogP contribution in [-0.2, 0) is 9.31 Å². The van der Waals surface area contributed by atoms with E-state index in [0.717, 1.165) is 16.9 Å². The van der Waals surface area contributed by atoms with Crippen molar-refractivity contribution in [1.29, 1.82) is 0 Å². The van der Waals surface area contributed by atoms with Gasteiger partial charge in [-0.05, 0) is 47.6 Å². The first-order valence-corrected chi connectivity index (χ1v) is 7.51. The van der Waals surface area contributed by atoms with Crippen LogP contribution in [0.25, 0.3) is 0 Å². The second kappa shape index (κ2) is 4.40. The van der Waals surface area contributed by atoms with Crippen LogP contribution < -0.4 is 15.5 Å². The van der Waals surface area contributed by atoms with Gasteiger partial charge in [-0.15, -0.1) is 0 Å². The topological polar surface area (TPSA) is 39.7 Å².